The lowest BCUT2D eigenvalue weighted by Gasteiger charge is -2.19. The fraction of sp³-hybridized carbons (Fsp3) is 0.667. The van der Waals surface area contributed by atoms with E-state index in [9.17, 15) is 4.79 Å². The maximum absolute atomic E-state index is 11.7. The maximum atomic E-state index is 11.7. The van der Waals surface area contributed by atoms with Gasteiger partial charge in [0, 0.05) is 19.0 Å². The van der Waals surface area contributed by atoms with Gasteiger partial charge >= 0.3 is 5.97 Å². The molecule has 0 fully saturated rings. The van der Waals surface area contributed by atoms with E-state index in [0.29, 0.717) is 25.1 Å². The third-order valence-electron chi connectivity index (χ3n) is 3.25. The van der Waals surface area contributed by atoms with Gasteiger partial charge in [-0.05, 0) is 46.2 Å². The number of carbonyl (C=O) groups is 1. The predicted molar refractivity (Wildman–Crippen MR) is 111 cm³/mol. The summed E-state index contributed by atoms with van der Waals surface area (Å²) in [7, 11) is 0. The van der Waals surface area contributed by atoms with Crippen LogP contribution in [0.1, 0.15) is 53.2 Å². The van der Waals surface area contributed by atoms with Gasteiger partial charge in [-0.15, -0.1) is 24.0 Å². The molecule has 144 valence electrons. The van der Waals surface area contributed by atoms with Crippen LogP contribution >= 0.6 is 24.0 Å². The molecule has 0 spiro atoms. The number of rotatable bonds is 8. The Morgan fingerprint density at radius 2 is 2.12 bits per heavy atom. The summed E-state index contributed by atoms with van der Waals surface area (Å²) in [6, 6.07) is 4.13. The van der Waals surface area contributed by atoms with Crippen LogP contribution in [0.3, 0.4) is 0 Å². The highest BCUT2D eigenvalue weighted by Crippen LogP contribution is 2.08. The zero-order chi connectivity index (χ0) is 18.0. The summed E-state index contributed by atoms with van der Waals surface area (Å²) < 4.78 is 10.6. The van der Waals surface area contributed by atoms with Crippen LogP contribution < -0.4 is 10.6 Å². The van der Waals surface area contributed by atoms with Crippen molar-refractivity contribution >= 4 is 35.9 Å². The molecule has 0 aliphatic heterocycles. The summed E-state index contributed by atoms with van der Waals surface area (Å²) in [6.45, 7) is 10.9. The van der Waals surface area contributed by atoms with Crippen molar-refractivity contribution in [2.45, 2.75) is 65.5 Å². The van der Waals surface area contributed by atoms with E-state index < -0.39 is 5.60 Å². The SMILES string of the molecule is CCC(C)NC(=NCCC(=O)OC(C)(C)C)NCCc1ccco1.I. The van der Waals surface area contributed by atoms with Crippen LogP contribution in [0.5, 0.6) is 0 Å². The molecule has 1 aromatic heterocycles. The molecule has 0 aliphatic rings. The van der Waals surface area contributed by atoms with Gasteiger partial charge in [0.1, 0.15) is 11.4 Å². The lowest BCUT2D eigenvalue weighted by Crippen LogP contribution is -2.43. The number of carbonyl (C=O) groups excluding carboxylic acids is 1. The Balaban J connectivity index is 0.00000576. The number of nitrogens with zero attached hydrogens (tertiary/aromatic N) is 1. The summed E-state index contributed by atoms with van der Waals surface area (Å²) in [6.07, 6.45) is 3.70. The Labute approximate surface area is 168 Å². The van der Waals surface area contributed by atoms with Gasteiger partial charge in [-0.2, -0.15) is 0 Å². The molecular weight excluding hydrogens is 433 g/mol. The highest BCUT2D eigenvalue weighted by atomic mass is 127. The molecular formula is C18H32IN3O3. The number of ether oxygens (including phenoxy) is 1. The average Bonchev–Trinajstić information content (AvgIpc) is 2.98. The Hall–Kier alpha value is -1.25. The van der Waals surface area contributed by atoms with Crippen molar-refractivity contribution in [3.05, 3.63) is 24.2 Å². The smallest absolute Gasteiger partial charge is 0.308 e. The number of hydrogen-bond donors (Lipinski definition) is 2. The molecule has 1 heterocycles. The standard InChI is InChI=1S/C18H31N3O3.HI/c1-6-14(2)21-17(19-11-9-15-8-7-13-23-15)20-12-10-16(22)24-18(3,4)5;/h7-8,13-14H,6,9-12H2,1-5H3,(H2,19,20,21);1H. The number of aliphatic imine (C=N–C) groups is 1. The van der Waals surface area contributed by atoms with Crippen LogP contribution in [0, 0.1) is 0 Å². The first-order chi connectivity index (χ1) is 11.3. The maximum Gasteiger partial charge on any atom is 0.308 e. The lowest BCUT2D eigenvalue weighted by molar-refractivity contribution is -0.154. The largest absolute Gasteiger partial charge is 0.469 e. The minimum absolute atomic E-state index is 0. The highest BCUT2D eigenvalue weighted by Gasteiger charge is 2.15. The first-order valence-corrected chi connectivity index (χ1v) is 8.59. The number of guanidine groups is 1. The molecule has 7 heteroatoms. The zero-order valence-corrected chi connectivity index (χ0v) is 18.3. The first kappa shape index (κ1) is 23.8. The molecule has 2 N–H and O–H groups in total. The Bertz CT molecular complexity index is 510. The molecule has 6 nitrogen and oxygen atoms in total. The van der Waals surface area contributed by atoms with Gasteiger partial charge in [0.25, 0.3) is 0 Å². The van der Waals surface area contributed by atoms with Gasteiger partial charge in [0.05, 0.1) is 19.2 Å². The molecule has 25 heavy (non-hydrogen) atoms. The van der Waals surface area contributed by atoms with Crippen LogP contribution in [0.2, 0.25) is 0 Å². The number of hydrogen-bond acceptors (Lipinski definition) is 4. The van der Waals surface area contributed by atoms with E-state index >= 15 is 0 Å². The van der Waals surface area contributed by atoms with Crippen LogP contribution in [-0.4, -0.2) is 36.7 Å². The van der Waals surface area contributed by atoms with Crippen LogP contribution in [0.4, 0.5) is 0 Å². The average molecular weight is 465 g/mol. The summed E-state index contributed by atoms with van der Waals surface area (Å²) in [5, 5.41) is 6.60. The van der Waals surface area contributed by atoms with Crippen molar-refractivity contribution in [2.24, 2.45) is 4.99 Å². The van der Waals surface area contributed by atoms with Crippen molar-refractivity contribution in [1.82, 2.24) is 10.6 Å². The summed E-state index contributed by atoms with van der Waals surface area (Å²) in [5.74, 6) is 1.41. The van der Waals surface area contributed by atoms with Crippen LogP contribution in [0.15, 0.2) is 27.8 Å². The third-order valence-corrected chi connectivity index (χ3v) is 3.25. The van der Waals surface area contributed by atoms with Gasteiger partial charge in [0.2, 0.25) is 0 Å². The van der Waals surface area contributed by atoms with E-state index in [1.54, 1.807) is 6.26 Å². The van der Waals surface area contributed by atoms with Crippen molar-refractivity contribution in [3.63, 3.8) is 0 Å². The van der Waals surface area contributed by atoms with Crippen molar-refractivity contribution in [1.29, 1.82) is 0 Å². The van der Waals surface area contributed by atoms with E-state index in [1.165, 1.54) is 0 Å². The Morgan fingerprint density at radius 1 is 1.40 bits per heavy atom. The predicted octanol–water partition coefficient (Wildman–Crippen LogP) is 3.51. The molecule has 0 aromatic carbocycles. The third kappa shape index (κ3) is 11.9. The monoisotopic (exact) mass is 465 g/mol. The second kappa shape index (κ2) is 12.2. The van der Waals surface area contributed by atoms with Crippen molar-refractivity contribution < 1.29 is 13.9 Å². The quantitative estimate of drug-likeness (QED) is 0.266. The van der Waals surface area contributed by atoms with Crippen LogP contribution in [0.25, 0.3) is 0 Å². The van der Waals surface area contributed by atoms with Crippen molar-refractivity contribution in [3.8, 4) is 0 Å². The summed E-state index contributed by atoms with van der Waals surface area (Å²) in [5.41, 5.74) is -0.458. The van der Waals surface area contributed by atoms with Gasteiger partial charge in [0.15, 0.2) is 5.96 Å². The number of furan rings is 1. The summed E-state index contributed by atoms with van der Waals surface area (Å²) >= 11 is 0. The fourth-order valence-corrected chi connectivity index (χ4v) is 1.90. The number of esters is 1. The zero-order valence-electron chi connectivity index (χ0n) is 15.9. The van der Waals surface area contributed by atoms with Gasteiger partial charge < -0.3 is 19.8 Å². The van der Waals surface area contributed by atoms with Crippen molar-refractivity contribution in [2.75, 3.05) is 13.1 Å². The molecule has 1 aromatic rings. The molecule has 0 amide bonds. The molecule has 0 saturated carbocycles. The van der Waals surface area contributed by atoms with Gasteiger partial charge in [-0.25, -0.2) is 0 Å². The van der Waals surface area contributed by atoms with E-state index in [4.69, 9.17) is 9.15 Å². The molecule has 0 aliphatic carbocycles. The topological polar surface area (TPSA) is 75.9 Å². The van der Waals surface area contributed by atoms with Gasteiger partial charge in [-0.3, -0.25) is 9.79 Å². The number of nitrogens with one attached hydrogen (secondary N) is 2. The first-order valence-electron chi connectivity index (χ1n) is 8.59. The second-order valence-corrected chi connectivity index (χ2v) is 6.78. The molecule has 0 radical (unpaired) electrons. The molecule has 1 rings (SSSR count). The second-order valence-electron chi connectivity index (χ2n) is 6.78. The van der Waals surface area contributed by atoms with E-state index in [2.05, 4.69) is 29.5 Å². The number of halogens is 1. The van der Waals surface area contributed by atoms with E-state index in [1.807, 2.05) is 32.9 Å². The minimum atomic E-state index is -0.458. The molecule has 0 bridgehead atoms. The highest BCUT2D eigenvalue weighted by molar-refractivity contribution is 14.0. The van der Waals surface area contributed by atoms with Gasteiger partial charge in [-0.1, -0.05) is 6.92 Å². The molecule has 1 unspecified atom stereocenters. The lowest BCUT2D eigenvalue weighted by atomic mass is 10.2. The summed E-state index contributed by atoms with van der Waals surface area (Å²) in [4.78, 5) is 16.2. The molecule has 0 saturated heterocycles. The normalized spacial score (nSPS) is 12.9. The fourth-order valence-electron chi connectivity index (χ4n) is 1.90. The van der Waals surface area contributed by atoms with Crippen LogP contribution in [-0.2, 0) is 16.0 Å². The molecule has 1 atom stereocenters. The van der Waals surface area contributed by atoms with E-state index in [-0.39, 0.29) is 36.4 Å². The Kier molecular flexibility index (Phi) is 11.6. The Morgan fingerprint density at radius 3 is 2.68 bits per heavy atom. The van der Waals surface area contributed by atoms with E-state index in [0.717, 1.165) is 18.6 Å². The minimum Gasteiger partial charge on any atom is -0.469 e.